The maximum atomic E-state index is 5.14. The number of benzene rings is 1. The van der Waals surface area contributed by atoms with Crippen molar-refractivity contribution in [2.24, 2.45) is 0 Å². The van der Waals surface area contributed by atoms with E-state index in [9.17, 15) is 0 Å². The van der Waals surface area contributed by atoms with Crippen LogP contribution in [0.1, 0.15) is 30.6 Å². The molecule has 0 bridgehead atoms. The average molecular weight is 245 g/mol. The zero-order chi connectivity index (χ0) is 13.0. The van der Waals surface area contributed by atoms with Gasteiger partial charge in [0.25, 0.3) is 0 Å². The minimum Gasteiger partial charge on any atom is -0.497 e. The number of methoxy groups -OCH3 is 1. The molecule has 2 aromatic rings. The molecule has 0 aliphatic rings. The van der Waals surface area contributed by atoms with E-state index in [0.717, 1.165) is 36.8 Å². The highest BCUT2D eigenvalue weighted by atomic mass is 16.5. The highest BCUT2D eigenvalue weighted by Crippen LogP contribution is 2.13. The first kappa shape index (κ1) is 12.6. The standard InChI is InChI=1S/C14H19N3O/c1-4-9-17-11(2)15-14(16-17)10-12-5-7-13(18-3)8-6-12/h5-8H,4,9-10H2,1-3H3. The largest absolute Gasteiger partial charge is 0.497 e. The van der Waals surface area contributed by atoms with Crippen LogP contribution in [-0.4, -0.2) is 21.9 Å². The third-order valence-electron chi connectivity index (χ3n) is 2.86. The van der Waals surface area contributed by atoms with Crippen LogP contribution in [-0.2, 0) is 13.0 Å². The van der Waals surface area contributed by atoms with Crippen LogP contribution < -0.4 is 4.74 Å². The van der Waals surface area contributed by atoms with Crippen molar-refractivity contribution in [3.05, 3.63) is 41.5 Å². The zero-order valence-electron chi connectivity index (χ0n) is 11.2. The molecule has 1 aromatic heterocycles. The van der Waals surface area contributed by atoms with Gasteiger partial charge in [-0.05, 0) is 31.0 Å². The summed E-state index contributed by atoms with van der Waals surface area (Å²) in [4.78, 5) is 4.49. The number of ether oxygens (including phenoxy) is 1. The summed E-state index contributed by atoms with van der Waals surface area (Å²) in [5.74, 6) is 2.74. The second kappa shape index (κ2) is 5.67. The highest BCUT2D eigenvalue weighted by molar-refractivity contribution is 5.28. The SMILES string of the molecule is CCCn1nc(Cc2ccc(OC)cc2)nc1C. The van der Waals surface area contributed by atoms with E-state index >= 15 is 0 Å². The molecule has 0 amide bonds. The van der Waals surface area contributed by atoms with Gasteiger partial charge in [-0.25, -0.2) is 4.98 Å². The molecule has 0 spiro atoms. The van der Waals surface area contributed by atoms with E-state index in [1.165, 1.54) is 5.56 Å². The zero-order valence-corrected chi connectivity index (χ0v) is 11.2. The molecule has 0 saturated heterocycles. The van der Waals surface area contributed by atoms with Crippen LogP contribution in [0.4, 0.5) is 0 Å². The number of rotatable bonds is 5. The lowest BCUT2D eigenvalue weighted by Crippen LogP contribution is -2.01. The Kier molecular flexibility index (Phi) is 3.97. The van der Waals surface area contributed by atoms with E-state index in [4.69, 9.17) is 4.74 Å². The number of aryl methyl sites for hydroxylation is 2. The van der Waals surface area contributed by atoms with Crippen LogP contribution in [0.25, 0.3) is 0 Å². The lowest BCUT2D eigenvalue weighted by molar-refractivity contribution is 0.414. The number of aromatic nitrogens is 3. The van der Waals surface area contributed by atoms with Crippen molar-refractivity contribution in [2.75, 3.05) is 7.11 Å². The predicted octanol–water partition coefficient (Wildman–Crippen LogP) is 2.60. The van der Waals surface area contributed by atoms with E-state index in [-0.39, 0.29) is 0 Å². The molecule has 0 aliphatic carbocycles. The molecule has 96 valence electrons. The molecular formula is C14H19N3O. The minimum atomic E-state index is 0.765. The molecule has 0 N–H and O–H groups in total. The van der Waals surface area contributed by atoms with Gasteiger partial charge in [-0.1, -0.05) is 19.1 Å². The lowest BCUT2D eigenvalue weighted by Gasteiger charge is -2.01. The molecule has 18 heavy (non-hydrogen) atoms. The third-order valence-corrected chi connectivity index (χ3v) is 2.86. The van der Waals surface area contributed by atoms with E-state index in [1.54, 1.807) is 7.11 Å². The fourth-order valence-electron chi connectivity index (χ4n) is 1.90. The highest BCUT2D eigenvalue weighted by Gasteiger charge is 2.06. The molecule has 1 aromatic carbocycles. The Labute approximate surface area is 108 Å². The Balaban J connectivity index is 2.10. The first-order chi connectivity index (χ1) is 8.72. The maximum absolute atomic E-state index is 5.14. The monoisotopic (exact) mass is 245 g/mol. The van der Waals surface area contributed by atoms with Crippen molar-refractivity contribution < 1.29 is 4.74 Å². The first-order valence-electron chi connectivity index (χ1n) is 6.26. The van der Waals surface area contributed by atoms with Crippen LogP contribution in [0.2, 0.25) is 0 Å². The van der Waals surface area contributed by atoms with Gasteiger partial charge >= 0.3 is 0 Å². The summed E-state index contributed by atoms with van der Waals surface area (Å²) in [5, 5.41) is 4.51. The molecule has 4 heteroatoms. The third kappa shape index (κ3) is 2.88. The van der Waals surface area contributed by atoms with Gasteiger partial charge in [0.2, 0.25) is 0 Å². The summed E-state index contributed by atoms with van der Waals surface area (Å²) >= 11 is 0. The van der Waals surface area contributed by atoms with Crippen LogP contribution in [0.5, 0.6) is 5.75 Å². The molecule has 1 heterocycles. The molecule has 0 fully saturated rings. The maximum Gasteiger partial charge on any atom is 0.155 e. The quantitative estimate of drug-likeness (QED) is 0.813. The fraction of sp³-hybridized carbons (Fsp3) is 0.429. The van der Waals surface area contributed by atoms with Crippen LogP contribution in [0.15, 0.2) is 24.3 Å². The van der Waals surface area contributed by atoms with Gasteiger partial charge in [0.05, 0.1) is 7.11 Å². The fourth-order valence-corrected chi connectivity index (χ4v) is 1.90. The Morgan fingerprint density at radius 2 is 1.94 bits per heavy atom. The van der Waals surface area contributed by atoms with Crippen molar-refractivity contribution in [3.8, 4) is 5.75 Å². The van der Waals surface area contributed by atoms with Gasteiger partial charge in [-0.2, -0.15) is 5.10 Å². The smallest absolute Gasteiger partial charge is 0.155 e. The van der Waals surface area contributed by atoms with Gasteiger partial charge < -0.3 is 4.74 Å². The summed E-state index contributed by atoms with van der Waals surface area (Å²) in [5.41, 5.74) is 1.20. The number of hydrogen-bond donors (Lipinski definition) is 0. The summed E-state index contributed by atoms with van der Waals surface area (Å²) in [6.45, 7) is 5.08. The molecule has 2 rings (SSSR count). The average Bonchev–Trinajstić information content (AvgIpc) is 2.71. The van der Waals surface area contributed by atoms with E-state index < -0.39 is 0 Å². The van der Waals surface area contributed by atoms with Crippen molar-refractivity contribution in [3.63, 3.8) is 0 Å². The second-order valence-electron chi connectivity index (χ2n) is 4.32. The Morgan fingerprint density at radius 1 is 1.22 bits per heavy atom. The van der Waals surface area contributed by atoms with Crippen molar-refractivity contribution in [1.29, 1.82) is 0 Å². The molecule has 0 unspecified atom stereocenters. The Bertz CT molecular complexity index is 502. The molecule has 0 atom stereocenters. The summed E-state index contributed by atoms with van der Waals surface area (Å²) < 4.78 is 7.11. The molecule has 0 aliphatic heterocycles. The number of hydrogen-bond acceptors (Lipinski definition) is 3. The summed E-state index contributed by atoms with van der Waals surface area (Å²) in [6, 6.07) is 8.03. The minimum absolute atomic E-state index is 0.765. The van der Waals surface area contributed by atoms with Crippen molar-refractivity contribution in [2.45, 2.75) is 33.2 Å². The van der Waals surface area contributed by atoms with Gasteiger partial charge in [0.1, 0.15) is 11.6 Å². The normalized spacial score (nSPS) is 10.6. The van der Waals surface area contributed by atoms with Gasteiger partial charge in [-0.3, -0.25) is 4.68 Å². The lowest BCUT2D eigenvalue weighted by atomic mass is 10.1. The predicted molar refractivity (Wildman–Crippen MR) is 70.9 cm³/mol. The van der Waals surface area contributed by atoms with E-state index in [0.29, 0.717) is 0 Å². The van der Waals surface area contributed by atoms with Gasteiger partial charge in [0, 0.05) is 13.0 Å². The van der Waals surface area contributed by atoms with E-state index in [2.05, 4.69) is 29.1 Å². The number of nitrogens with zero attached hydrogens (tertiary/aromatic N) is 3. The van der Waals surface area contributed by atoms with E-state index in [1.807, 2.05) is 23.7 Å². The van der Waals surface area contributed by atoms with Gasteiger partial charge in [-0.15, -0.1) is 0 Å². The first-order valence-corrected chi connectivity index (χ1v) is 6.26. The van der Waals surface area contributed by atoms with Crippen molar-refractivity contribution in [1.82, 2.24) is 14.8 Å². The summed E-state index contributed by atoms with van der Waals surface area (Å²) in [7, 11) is 1.67. The van der Waals surface area contributed by atoms with Crippen LogP contribution in [0.3, 0.4) is 0 Å². The summed E-state index contributed by atoms with van der Waals surface area (Å²) in [6.07, 6.45) is 1.84. The van der Waals surface area contributed by atoms with Crippen molar-refractivity contribution >= 4 is 0 Å². The van der Waals surface area contributed by atoms with Crippen LogP contribution in [0, 0.1) is 6.92 Å². The topological polar surface area (TPSA) is 39.9 Å². The van der Waals surface area contributed by atoms with Crippen LogP contribution >= 0.6 is 0 Å². The Morgan fingerprint density at radius 3 is 2.56 bits per heavy atom. The molecule has 0 saturated carbocycles. The van der Waals surface area contributed by atoms with Gasteiger partial charge in [0.15, 0.2) is 5.82 Å². The molecule has 4 nitrogen and oxygen atoms in total. The Hall–Kier alpha value is -1.84. The molecular weight excluding hydrogens is 226 g/mol. The second-order valence-corrected chi connectivity index (χ2v) is 4.32. The molecule has 0 radical (unpaired) electrons.